The second-order valence-electron chi connectivity index (χ2n) is 7.65. The molecule has 0 aromatic heterocycles. The molecular formula is C25H29IN2O4. The van der Waals surface area contributed by atoms with Crippen LogP contribution in [0.1, 0.15) is 37.4 Å². The number of carbonyl (C=O) groups excluding carboxylic acids is 2. The summed E-state index contributed by atoms with van der Waals surface area (Å²) in [5.74, 6) is -0.735. The standard InChI is InChI=1S/C25H29IN2O4/c1-4-27(5-2)15-6-16-28-22(17-7-11-19(26)12-8-17)21(24(30)25(28)31)23(29)18-9-13-20(32-3)14-10-18/h7-14,22,29H,4-6,15-16H2,1-3H3/b23-21+. The number of nitrogens with zero attached hydrogens (tertiary/aromatic N) is 2. The molecule has 0 aliphatic carbocycles. The van der Waals surface area contributed by atoms with Gasteiger partial charge < -0.3 is 19.6 Å². The lowest BCUT2D eigenvalue weighted by Gasteiger charge is -2.27. The quantitative estimate of drug-likeness (QED) is 0.217. The van der Waals surface area contributed by atoms with E-state index in [-0.39, 0.29) is 11.3 Å². The number of hydrogen-bond donors (Lipinski definition) is 1. The number of aliphatic hydroxyl groups is 1. The maximum absolute atomic E-state index is 13.1. The fraction of sp³-hybridized carbons (Fsp3) is 0.360. The van der Waals surface area contributed by atoms with Gasteiger partial charge in [0.15, 0.2) is 0 Å². The fourth-order valence-corrected chi connectivity index (χ4v) is 4.37. The van der Waals surface area contributed by atoms with Crippen molar-refractivity contribution in [1.29, 1.82) is 0 Å². The molecule has 0 radical (unpaired) electrons. The average molecular weight is 548 g/mol. The molecule has 1 aliphatic rings. The molecule has 1 saturated heterocycles. The van der Waals surface area contributed by atoms with E-state index in [4.69, 9.17) is 4.74 Å². The predicted molar refractivity (Wildman–Crippen MR) is 134 cm³/mol. The first-order chi connectivity index (χ1) is 15.4. The average Bonchev–Trinajstić information content (AvgIpc) is 3.07. The van der Waals surface area contributed by atoms with Crippen LogP contribution in [-0.4, -0.2) is 59.9 Å². The number of likely N-dealkylation sites (tertiary alicyclic amines) is 1. The van der Waals surface area contributed by atoms with Crippen LogP contribution in [0.4, 0.5) is 0 Å². The fourth-order valence-electron chi connectivity index (χ4n) is 4.01. The molecule has 0 saturated carbocycles. The highest BCUT2D eigenvalue weighted by molar-refractivity contribution is 14.1. The van der Waals surface area contributed by atoms with E-state index < -0.39 is 17.7 Å². The maximum atomic E-state index is 13.1. The number of carbonyl (C=O) groups is 2. The van der Waals surface area contributed by atoms with Crippen LogP contribution in [0.5, 0.6) is 5.75 Å². The number of Topliss-reactive ketones (excluding diaryl/α,β-unsaturated/α-hetero) is 1. The molecule has 3 rings (SSSR count). The normalized spacial score (nSPS) is 17.9. The van der Waals surface area contributed by atoms with E-state index in [2.05, 4.69) is 41.3 Å². The number of amides is 1. The molecule has 1 atom stereocenters. The van der Waals surface area contributed by atoms with E-state index in [0.29, 0.717) is 17.9 Å². The molecule has 1 aliphatic heterocycles. The van der Waals surface area contributed by atoms with E-state index in [1.165, 1.54) is 0 Å². The van der Waals surface area contributed by atoms with Crippen molar-refractivity contribution in [2.75, 3.05) is 33.3 Å². The van der Waals surface area contributed by atoms with Gasteiger partial charge >= 0.3 is 0 Å². The maximum Gasteiger partial charge on any atom is 0.295 e. The van der Waals surface area contributed by atoms with E-state index in [1.807, 2.05) is 24.3 Å². The Morgan fingerprint density at radius 1 is 1.06 bits per heavy atom. The van der Waals surface area contributed by atoms with Gasteiger partial charge in [0.05, 0.1) is 18.7 Å². The van der Waals surface area contributed by atoms with Crippen LogP contribution >= 0.6 is 22.6 Å². The molecule has 1 heterocycles. The van der Waals surface area contributed by atoms with Gasteiger partial charge in [-0.2, -0.15) is 0 Å². The number of benzene rings is 2. The van der Waals surface area contributed by atoms with Gasteiger partial charge in [-0.25, -0.2) is 0 Å². The van der Waals surface area contributed by atoms with Gasteiger partial charge in [-0.15, -0.1) is 0 Å². The SMILES string of the molecule is CCN(CC)CCCN1C(=O)C(=O)/C(=C(/O)c2ccc(OC)cc2)C1c1ccc(I)cc1. The Bertz CT molecular complexity index is 982. The van der Waals surface area contributed by atoms with Gasteiger partial charge in [-0.1, -0.05) is 26.0 Å². The molecule has 32 heavy (non-hydrogen) atoms. The van der Waals surface area contributed by atoms with Crippen molar-refractivity contribution in [3.63, 3.8) is 0 Å². The van der Waals surface area contributed by atoms with Crippen molar-refractivity contribution >= 4 is 40.0 Å². The molecule has 1 unspecified atom stereocenters. The van der Waals surface area contributed by atoms with Crippen molar-refractivity contribution in [2.24, 2.45) is 0 Å². The molecular weight excluding hydrogens is 519 g/mol. The molecule has 170 valence electrons. The summed E-state index contributed by atoms with van der Waals surface area (Å²) in [4.78, 5) is 30.0. The molecule has 0 spiro atoms. The summed E-state index contributed by atoms with van der Waals surface area (Å²) in [6, 6.07) is 13.9. The van der Waals surface area contributed by atoms with Gasteiger partial charge in [0, 0.05) is 15.7 Å². The largest absolute Gasteiger partial charge is 0.507 e. The smallest absolute Gasteiger partial charge is 0.295 e. The lowest BCUT2D eigenvalue weighted by atomic mass is 9.95. The lowest BCUT2D eigenvalue weighted by Crippen LogP contribution is -2.33. The number of ketones is 1. The molecule has 0 bridgehead atoms. The van der Waals surface area contributed by atoms with Gasteiger partial charge in [0.1, 0.15) is 11.5 Å². The van der Waals surface area contributed by atoms with Gasteiger partial charge in [0.2, 0.25) is 0 Å². The highest BCUT2D eigenvalue weighted by Gasteiger charge is 2.45. The number of aliphatic hydroxyl groups excluding tert-OH is 1. The Labute approximate surface area is 203 Å². The Balaban J connectivity index is 2.01. The monoisotopic (exact) mass is 548 g/mol. The van der Waals surface area contributed by atoms with E-state index in [0.717, 1.165) is 35.2 Å². The zero-order valence-electron chi connectivity index (χ0n) is 18.7. The zero-order chi connectivity index (χ0) is 23.3. The van der Waals surface area contributed by atoms with Crippen LogP contribution in [0.3, 0.4) is 0 Å². The number of rotatable bonds is 9. The van der Waals surface area contributed by atoms with Crippen LogP contribution in [0.2, 0.25) is 0 Å². The third-order valence-electron chi connectivity index (χ3n) is 5.86. The van der Waals surface area contributed by atoms with Gasteiger partial charge in [-0.3, -0.25) is 9.59 Å². The molecule has 6 nitrogen and oxygen atoms in total. The van der Waals surface area contributed by atoms with Crippen molar-refractivity contribution in [1.82, 2.24) is 9.80 Å². The molecule has 2 aromatic carbocycles. The summed E-state index contributed by atoms with van der Waals surface area (Å²) < 4.78 is 6.24. The third kappa shape index (κ3) is 5.15. The van der Waals surface area contributed by atoms with Crippen molar-refractivity contribution in [3.8, 4) is 5.75 Å². The van der Waals surface area contributed by atoms with Gasteiger partial charge in [0.25, 0.3) is 11.7 Å². The topological polar surface area (TPSA) is 70.1 Å². The lowest BCUT2D eigenvalue weighted by molar-refractivity contribution is -0.140. The highest BCUT2D eigenvalue weighted by atomic mass is 127. The summed E-state index contributed by atoms with van der Waals surface area (Å²) in [6.45, 7) is 7.37. The van der Waals surface area contributed by atoms with Crippen LogP contribution in [0.15, 0.2) is 54.1 Å². The van der Waals surface area contributed by atoms with Crippen LogP contribution in [-0.2, 0) is 9.59 Å². The van der Waals surface area contributed by atoms with Gasteiger partial charge in [-0.05, 0) is 90.6 Å². The molecule has 1 fully saturated rings. The van der Waals surface area contributed by atoms with Crippen LogP contribution in [0, 0.1) is 3.57 Å². The molecule has 1 N–H and O–H groups in total. The zero-order valence-corrected chi connectivity index (χ0v) is 20.8. The van der Waals surface area contributed by atoms with E-state index in [1.54, 1.807) is 36.3 Å². The number of halogens is 1. The first kappa shape index (κ1) is 24.3. The minimum absolute atomic E-state index is 0.129. The van der Waals surface area contributed by atoms with Crippen LogP contribution in [0.25, 0.3) is 5.76 Å². The molecule has 2 aromatic rings. The summed E-state index contributed by atoms with van der Waals surface area (Å²) >= 11 is 2.22. The highest BCUT2D eigenvalue weighted by Crippen LogP contribution is 2.39. The minimum atomic E-state index is -0.648. The minimum Gasteiger partial charge on any atom is -0.507 e. The summed E-state index contributed by atoms with van der Waals surface area (Å²) in [5, 5.41) is 11.1. The Hall–Kier alpha value is -2.39. The second-order valence-corrected chi connectivity index (χ2v) is 8.90. The first-order valence-corrected chi connectivity index (χ1v) is 11.9. The van der Waals surface area contributed by atoms with E-state index >= 15 is 0 Å². The molecule has 7 heteroatoms. The second kappa shape index (κ2) is 11.0. The van der Waals surface area contributed by atoms with Crippen molar-refractivity contribution in [3.05, 3.63) is 68.8 Å². The van der Waals surface area contributed by atoms with Crippen molar-refractivity contribution < 1.29 is 19.4 Å². The number of ether oxygens (including phenoxy) is 1. The summed E-state index contributed by atoms with van der Waals surface area (Å²) in [7, 11) is 1.56. The Kier molecular flexibility index (Phi) is 8.31. The van der Waals surface area contributed by atoms with Crippen LogP contribution < -0.4 is 4.74 Å². The number of methoxy groups -OCH3 is 1. The van der Waals surface area contributed by atoms with Crippen molar-refractivity contribution in [2.45, 2.75) is 26.3 Å². The number of hydrogen-bond acceptors (Lipinski definition) is 5. The third-order valence-corrected chi connectivity index (χ3v) is 6.58. The summed E-state index contributed by atoms with van der Waals surface area (Å²) in [5.41, 5.74) is 1.41. The predicted octanol–water partition coefficient (Wildman–Crippen LogP) is 4.45. The van der Waals surface area contributed by atoms with E-state index in [9.17, 15) is 14.7 Å². The first-order valence-electron chi connectivity index (χ1n) is 10.8. The summed E-state index contributed by atoms with van der Waals surface area (Å²) in [6.07, 6.45) is 0.748. The molecule has 1 amide bonds. The Morgan fingerprint density at radius 2 is 1.69 bits per heavy atom. The Morgan fingerprint density at radius 3 is 2.25 bits per heavy atom.